The number of anilines is 2. The number of carbonyl (C=O) groups is 1. The average molecular weight is 456 g/mol. The second kappa shape index (κ2) is 9.19. The summed E-state index contributed by atoms with van der Waals surface area (Å²) in [6.07, 6.45) is -3.64. The molecule has 1 aromatic carbocycles. The predicted octanol–water partition coefficient (Wildman–Crippen LogP) is 4.87. The van der Waals surface area contributed by atoms with Gasteiger partial charge in [-0.1, -0.05) is 6.07 Å². The van der Waals surface area contributed by atoms with Crippen LogP contribution in [0.4, 0.5) is 24.7 Å². The first kappa shape index (κ1) is 22.7. The van der Waals surface area contributed by atoms with Crippen molar-refractivity contribution in [1.29, 1.82) is 0 Å². The standard InChI is InChI=1S/C24H23F3N4O2/c1-15-3-4-19(30-23(32)17-5-6-28-21(12-17)24(25,26)27)14-20(15)18-11-16(2)29-22(13-18)31-7-9-33-10-8-31/h3-6,11-14H,7-10H2,1-2H3,(H,30,32). The number of nitrogens with zero attached hydrogens (tertiary/aromatic N) is 3. The monoisotopic (exact) mass is 456 g/mol. The molecular weight excluding hydrogens is 433 g/mol. The van der Waals surface area contributed by atoms with Gasteiger partial charge in [0.05, 0.1) is 13.2 Å². The van der Waals surface area contributed by atoms with Gasteiger partial charge >= 0.3 is 6.18 Å². The summed E-state index contributed by atoms with van der Waals surface area (Å²) < 4.78 is 44.2. The zero-order valence-electron chi connectivity index (χ0n) is 18.2. The molecule has 0 bridgehead atoms. The Morgan fingerprint density at radius 3 is 2.55 bits per heavy atom. The molecule has 1 aliphatic rings. The smallest absolute Gasteiger partial charge is 0.378 e. The molecule has 1 aliphatic heterocycles. The summed E-state index contributed by atoms with van der Waals surface area (Å²) in [5.74, 6) is 0.219. The van der Waals surface area contributed by atoms with Crippen molar-refractivity contribution in [3.63, 3.8) is 0 Å². The third kappa shape index (κ3) is 5.31. The quantitative estimate of drug-likeness (QED) is 0.607. The van der Waals surface area contributed by atoms with Crippen LogP contribution in [0.25, 0.3) is 11.1 Å². The van der Waals surface area contributed by atoms with Crippen LogP contribution in [-0.2, 0) is 10.9 Å². The van der Waals surface area contributed by atoms with Gasteiger partial charge in [0.1, 0.15) is 11.5 Å². The first-order valence-corrected chi connectivity index (χ1v) is 10.5. The molecule has 6 nitrogen and oxygen atoms in total. The van der Waals surface area contributed by atoms with Gasteiger partial charge in [-0.05, 0) is 66.9 Å². The number of carbonyl (C=O) groups excluding carboxylic acids is 1. The topological polar surface area (TPSA) is 67.4 Å². The number of amides is 1. The van der Waals surface area contributed by atoms with E-state index in [1.165, 1.54) is 6.07 Å². The number of benzene rings is 1. The van der Waals surface area contributed by atoms with E-state index in [9.17, 15) is 18.0 Å². The van der Waals surface area contributed by atoms with Crippen LogP contribution < -0.4 is 10.2 Å². The maximum Gasteiger partial charge on any atom is 0.433 e. The summed E-state index contributed by atoms with van der Waals surface area (Å²) in [4.78, 5) is 22.7. The van der Waals surface area contributed by atoms with Crippen molar-refractivity contribution in [3.8, 4) is 11.1 Å². The van der Waals surface area contributed by atoms with Gasteiger partial charge in [0.2, 0.25) is 0 Å². The van der Waals surface area contributed by atoms with E-state index >= 15 is 0 Å². The summed E-state index contributed by atoms with van der Waals surface area (Å²) in [7, 11) is 0. The SMILES string of the molecule is Cc1cc(-c2cc(NC(=O)c3ccnc(C(F)(F)F)c3)ccc2C)cc(N2CCOCC2)n1. The van der Waals surface area contributed by atoms with Crippen molar-refractivity contribution >= 4 is 17.4 Å². The van der Waals surface area contributed by atoms with Crippen molar-refractivity contribution in [2.24, 2.45) is 0 Å². The fraction of sp³-hybridized carbons (Fsp3) is 0.292. The molecule has 1 N–H and O–H groups in total. The molecule has 0 atom stereocenters. The molecule has 172 valence electrons. The minimum atomic E-state index is -4.62. The van der Waals surface area contributed by atoms with Crippen LogP contribution in [0.3, 0.4) is 0 Å². The van der Waals surface area contributed by atoms with E-state index in [4.69, 9.17) is 4.74 Å². The molecule has 0 saturated carbocycles. The van der Waals surface area contributed by atoms with Gasteiger partial charge in [0, 0.05) is 36.2 Å². The van der Waals surface area contributed by atoms with Gasteiger partial charge in [0.25, 0.3) is 5.91 Å². The first-order chi connectivity index (χ1) is 15.7. The molecule has 0 aliphatic carbocycles. The zero-order valence-corrected chi connectivity index (χ0v) is 18.2. The molecule has 3 heterocycles. The lowest BCUT2D eigenvalue weighted by Crippen LogP contribution is -2.36. The summed E-state index contributed by atoms with van der Waals surface area (Å²) in [6, 6.07) is 11.4. The lowest BCUT2D eigenvalue weighted by Gasteiger charge is -2.28. The Hall–Kier alpha value is -3.46. The average Bonchev–Trinajstić information content (AvgIpc) is 2.80. The number of aromatic nitrogens is 2. The fourth-order valence-electron chi connectivity index (χ4n) is 3.70. The van der Waals surface area contributed by atoms with E-state index < -0.39 is 17.8 Å². The van der Waals surface area contributed by atoms with Crippen molar-refractivity contribution in [3.05, 3.63) is 71.2 Å². The van der Waals surface area contributed by atoms with E-state index in [1.807, 2.05) is 38.1 Å². The van der Waals surface area contributed by atoms with Crippen LogP contribution in [0, 0.1) is 13.8 Å². The largest absolute Gasteiger partial charge is 0.433 e. The second-order valence-electron chi connectivity index (χ2n) is 7.87. The summed E-state index contributed by atoms with van der Waals surface area (Å²) in [5.41, 5.74) is 2.96. The van der Waals surface area contributed by atoms with Gasteiger partial charge in [-0.15, -0.1) is 0 Å². The molecule has 1 fully saturated rings. The number of hydrogen-bond acceptors (Lipinski definition) is 5. The maximum atomic E-state index is 12.9. The molecule has 4 rings (SSSR count). The Labute approximate surface area is 189 Å². The molecule has 0 unspecified atom stereocenters. The number of ether oxygens (including phenoxy) is 1. The fourth-order valence-corrected chi connectivity index (χ4v) is 3.70. The lowest BCUT2D eigenvalue weighted by atomic mass is 9.99. The normalized spacial score (nSPS) is 14.3. The maximum absolute atomic E-state index is 12.9. The van der Waals surface area contributed by atoms with Gasteiger partial charge in [-0.2, -0.15) is 13.2 Å². The minimum absolute atomic E-state index is 0.117. The zero-order chi connectivity index (χ0) is 23.6. The Morgan fingerprint density at radius 2 is 1.82 bits per heavy atom. The number of alkyl halides is 3. The van der Waals surface area contributed by atoms with E-state index in [0.29, 0.717) is 18.9 Å². The molecule has 2 aromatic heterocycles. The minimum Gasteiger partial charge on any atom is -0.378 e. The molecule has 1 amide bonds. The molecule has 0 spiro atoms. The first-order valence-electron chi connectivity index (χ1n) is 10.5. The molecule has 0 radical (unpaired) electrons. The van der Waals surface area contributed by atoms with Crippen LogP contribution >= 0.6 is 0 Å². The third-order valence-corrected chi connectivity index (χ3v) is 5.39. The van der Waals surface area contributed by atoms with Gasteiger partial charge in [-0.3, -0.25) is 9.78 Å². The highest BCUT2D eigenvalue weighted by Gasteiger charge is 2.33. The number of aryl methyl sites for hydroxylation is 2. The van der Waals surface area contributed by atoms with Crippen LogP contribution in [-0.4, -0.2) is 42.2 Å². The lowest BCUT2D eigenvalue weighted by molar-refractivity contribution is -0.141. The molecule has 9 heteroatoms. The summed E-state index contributed by atoms with van der Waals surface area (Å²) in [5, 5.41) is 2.69. The Morgan fingerprint density at radius 1 is 1.06 bits per heavy atom. The van der Waals surface area contributed by atoms with Gasteiger partial charge in [0.15, 0.2) is 0 Å². The van der Waals surface area contributed by atoms with Crippen LogP contribution in [0.15, 0.2) is 48.7 Å². The molecular formula is C24H23F3N4O2. The Kier molecular flexibility index (Phi) is 6.33. The molecule has 33 heavy (non-hydrogen) atoms. The second-order valence-corrected chi connectivity index (χ2v) is 7.87. The molecule has 3 aromatic rings. The van der Waals surface area contributed by atoms with E-state index in [-0.39, 0.29) is 5.56 Å². The van der Waals surface area contributed by atoms with Crippen LogP contribution in [0.5, 0.6) is 0 Å². The number of morpholine rings is 1. The highest BCUT2D eigenvalue weighted by molar-refractivity contribution is 6.04. The van der Waals surface area contributed by atoms with Crippen molar-refractivity contribution < 1.29 is 22.7 Å². The van der Waals surface area contributed by atoms with Crippen LogP contribution in [0.1, 0.15) is 27.3 Å². The van der Waals surface area contributed by atoms with Crippen molar-refractivity contribution in [2.75, 3.05) is 36.5 Å². The van der Waals surface area contributed by atoms with Gasteiger partial charge < -0.3 is 15.0 Å². The van der Waals surface area contributed by atoms with Gasteiger partial charge in [-0.25, -0.2) is 4.98 Å². The Bertz CT molecular complexity index is 1170. The number of hydrogen-bond donors (Lipinski definition) is 1. The van der Waals surface area contributed by atoms with Crippen molar-refractivity contribution in [2.45, 2.75) is 20.0 Å². The highest BCUT2D eigenvalue weighted by atomic mass is 19.4. The predicted molar refractivity (Wildman–Crippen MR) is 119 cm³/mol. The van der Waals surface area contributed by atoms with Crippen LogP contribution in [0.2, 0.25) is 0 Å². The summed E-state index contributed by atoms with van der Waals surface area (Å²) in [6.45, 7) is 6.71. The van der Waals surface area contributed by atoms with Crippen molar-refractivity contribution in [1.82, 2.24) is 9.97 Å². The number of nitrogens with one attached hydrogen (secondary N) is 1. The van der Waals surface area contributed by atoms with E-state index in [0.717, 1.165) is 53.6 Å². The third-order valence-electron chi connectivity index (χ3n) is 5.39. The number of halogens is 3. The number of rotatable bonds is 4. The Balaban J connectivity index is 1.61. The number of pyridine rings is 2. The highest BCUT2D eigenvalue weighted by Crippen LogP contribution is 2.31. The molecule has 1 saturated heterocycles. The van der Waals surface area contributed by atoms with E-state index in [2.05, 4.69) is 20.2 Å². The summed E-state index contributed by atoms with van der Waals surface area (Å²) >= 11 is 0. The van der Waals surface area contributed by atoms with E-state index in [1.54, 1.807) is 6.07 Å².